The van der Waals surface area contributed by atoms with Crippen LogP contribution >= 0.6 is 0 Å². The van der Waals surface area contributed by atoms with Gasteiger partial charge in [-0.05, 0) is 53.9 Å². The lowest BCUT2D eigenvalue weighted by Gasteiger charge is -2.05. The third-order valence-electron chi connectivity index (χ3n) is 4.47. The molecule has 0 atom stereocenters. The van der Waals surface area contributed by atoms with Crippen molar-refractivity contribution in [2.24, 2.45) is 0 Å². The first-order valence-corrected chi connectivity index (χ1v) is 8.80. The molecule has 4 aromatic rings. The number of aromatic nitrogens is 2. The van der Waals surface area contributed by atoms with Crippen molar-refractivity contribution < 1.29 is 18.4 Å². The van der Waals surface area contributed by atoms with Crippen LogP contribution in [0.1, 0.15) is 31.8 Å². The molecule has 0 saturated carbocycles. The van der Waals surface area contributed by atoms with Gasteiger partial charge in [-0.3, -0.25) is 14.7 Å². The summed E-state index contributed by atoms with van der Waals surface area (Å²) in [6.07, 6.45) is 0.993. The molecule has 144 valence electrons. The Labute approximate surface area is 164 Å². The number of aromatic amines is 1. The Bertz CT molecular complexity index is 1210. The van der Waals surface area contributed by atoms with Crippen molar-refractivity contribution in [2.45, 2.75) is 6.42 Å². The molecule has 0 aliphatic heterocycles. The van der Waals surface area contributed by atoms with E-state index in [1.165, 1.54) is 18.2 Å². The van der Waals surface area contributed by atoms with Crippen molar-refractivity contribution in [1.82, 2.24) is 10.2 Å². The highest BCUT2D eigenvalue weighted by Gasteiger charge is 2.13. The topological polar surface area (TPSA) is 74.8 Å². The number of aldehydes is 1. The highest BCUT2D eigenvalue weighted by molar-refractivity contribution is 6.08. The molecule has 0 radical (unpaired) electrons. The molecule has 0 fully saturated rings. The fourth-order valence-corrected chi connectivity index (χ4v) is 3.15. The van der Waals surface area contributed by atoms with Gasteiger partial charge in [0.15, 0.2) is 5.82 Å². The lowest BCUT2D eigenvalue weighted by Crippen LogP contribution is -2.12. The zero-order chi connectivity index (χ0) is 20.4. The molecule has 1 amide bonds. The molecule has 0 aliphatic carbocycles. The van der Waals surface area contributed by atoms with Gasteiger partial charge in [0.1, 0.15) is 17.9 Å². The number of hydrogen-bond donors (Lipinski definition) is 2. The fourth-order valence-electron chi connectivity index (χ4n) is 3.15. The summed E-state index contributed by atoms with van der Waals surface area (Å²) in [4.78, 5) is 23.4. The van der Waals surface area contributed by atoms with E-state index in [2.05, 4.69) is 15.5 Å². The first-order valence-electron chi connectivity index (χ1n) is 8.80. The number of halogens is 2. The van der Waals surface area contributed by atoms with Crippen LogP contribution in [0.2, 0.25) is 0 Å². The molecule has 3 aromatic carbocycles. The quantitative estimate of drug-likeness (QED) is 0.492. The molecule has 0 spiro atoms. The number of anilines is 1. The Kier molecular flexibility index (Phi) is 4.87. The minimum atomic E-state index is -0.630. The van der Waals surface area contributed by atoms with Crippen LogP contribution in [0.3, 0.4) is 0 Å². The van der Waals surface area contributed by atoms with E-state index in [0.717, 1.165) is 11.6 Å². The van der Waals surface area contributed by atoms with Gasteiger partial charge in [0.25, 0.3) is 5.91 Å². The normalized spacial score (nSPS) is 10.8. The number of fused-ring (bicyclic) bond motifs is 1. The van der Waals surface area contributed by atoms with Crippen molar-refractivity contribution in [3.05, 3.63) is 94.6 Å². The summed E-state index contributed by atoms with van der Waals surface area (Å²) in [5, 5.41) is 10.4. The summed E-state index contributed by atoms with van der Waals surface area (Å²) in [6, 6.07) is 15.1. The first-order chi connectivity index (χ1) is 14.0. The second-order valence-electron chi connectivity index (χ2n) is 6.60. The van der Waals surface area contributed by atoms with Crippen molar-refractivity contribution in [2.75, 3.05) is 5.32 Å². The Hall–Kier alpha value is -3.87. The molecule has 29 heavy (non-hydrogen) atoms. The predicted octanol–water partition coefficient (Wildman–Crippen LogP) is 4.50. The number of H-pyrrole nitrogens is 1. The molecule has 0 bridgehead atoms. The molecule has 5 nitrogen and oxygen atoms in total. The van der Waals surface area contributed by atoms with E-state index in [-0.39, 0.29) is 0 Å². The third-order valence-corrected chi connectivity index (χ3v) is 4.47. The Morgan fingerprint density at radius 3 is 2.55 bits per heavy atom. The SMILES string of the molecule is O=Cc1cccc(C(=O)Nc2n[nH]c3ccc(Cc4cc(F)cc(F)c4)cc23)c1. The molecule has 4 rings (SSSR count). The summed E-state index contributed by atoms with van der Waals surface area (Å²) >= 11 is 0. The number of amides is 1. The van der Waals surface area contributed by atoms with Crippen molar-refractivity contribution >= 4 is 28.9 Å². The van der Waals surface area contributed by atoms with E-state index in [1.807, 2.05) is 6.07 Å². The van der Waals surface area contributed by atoms with Crippen molar-refractivity contribution in [1.29, 1.82) is 0 Å². The van der Waals surface area contributed by atoms with Crippen LogP contribution in [0.5, 0.6) is 0 Å². The van der Waals surface area contributed by atoms with Crippen LogP contribution < -0.4 is 5.32 Å². The van der Waals surface area contributed by atoms with Crippen LogP contribution in [-0.4, -0.2) is 22.4 Å². The molecule has 0 aliphatic rings. The van der Waals surface area contributed by atoms with E-state index >= 15 is 0 Å². The lowest BCUT2D eigenvalue weighted by atomic mass is 10.0. The molecular formula is C22H15F2N3O2. The third kappa shape index (κ3) is 4.03. The standard InChI is InChI=1S/C22H15F2N3O2/c23-17-8-15(9-18(24)11-17)6-13-4-5-20-19(10-13)21(27-26-20)25-22(29)16-3-1-2-14(7-16)12-28/h1-5,7-12H,6H2,(H2,25,26,27,29). The molecule has 0 saturated heterocycles. The van der Waals surface area contributed by atoms with E-state index in [0.29, 0.717) is 46.1 Å². The molecule has 2 N–H and O–H groups in total. The summed E-state index contributed by atoms with van der Waals surface area (Å²) in [7, 11) is 0. The van der Waals surface area contributed by atoms with Crippen LogP contribution in [0.15, 0.2) is 60.7 Å². The second kappa shape index (κ2) is 7.63. The fraction of sp³-hybridized carbons (Fsp3) is 0.0455. The second-order valence-corrected chi connectivity index (χ2v) is 6.60. The number of hydrogen-bond acceptors (Lipinski definition) is 3. The summed E-state index contributed by atoms with van der Waals surface area (Å²) in [6.45, 7) is 0. The lowest BCUT2D eigenvalue weighted by molar-refractivity contribution is 0.102. The van der Waals surface area contributed by atoms with E-state index in [9.17, 15) is 18.4 Å². The number of rotatable bonds is 5. The molecular weight excluding hydrogens is 376 g/mol. The number of nitrogens with one attached hydrogen (secondary N) is 2. The van der Waals surface area contributed by atoms with Gasteiger partial charge in [-0.15, -0.1) is 0 Å². The van der Waals surface area contributed by atoms with Gasteiger partial charge in [-0.2, -0.15) is 5.10 Å². The van der Waals surface area contributed by atoms with Crippen molar-refractivity contribution in [3.63, 3.8) is 0 Å². The van der Waals surface area contributed by atoms with Crippen LogP contribution in [0, 0.1) is 11.6 Å². The number of nitrogens with zero attached hydrogens (tertiary/aromatic N) is 1. The zero-order valence-corrected chi connectivity index (χ0v) is 15.1. The number of carbonyl (C=O) groups is 2. The van der Waals surface area contributed by atoms with E-state index < -0.39 is 17.5 Å². The molecule has 7 heteroatoms. The maximum atomic E-state index is 13.4. The van der Waals surface area contributed by atoms with Gasteiger partial charge in [0, 0.05) is 22.6 Å². The average Bonchev–Trinajstić information content (AvgIpc) is 3.09. The largest absolute Gasteiger partial charge is 0.305 e. The minimum Gasteiger partial charge on any atom is -0.305 e. The molecule has 1 aromatic heterocycles. The Morgan fingerprint density at radius 2 is 1.79 bits per heavy atom. The van der Waals surface area contributed by atoms with Gasteiger partial charge in [-0.25, -0.2) is 8.78 Å². The van der Waals surface area contributed by atoms with Gasteiger partial charge >= 0.3 is 0 Å². The Balaban J connectivity index is 1.61. The summed E-state index contributed by atoms with van der Waals surface area (Å²) in [5.41, 5.74) is 2.74. The maximum Gasteiger partial charge on any atom is 0.256 e. The smallest absolute Gasteiger partial charge is 0.256 e. The van der Waals surface area contributed by atoms with Gasteiger partial charge < -0.3 is 5.32 Å². The minimum absolute atomic E-state index is 0.324. The monoisotopic (exact) mass is 391 g/mol. The Morgan fingerprint density at radius 1 is 1.00 bits per heavy atom. The van der Waals surface area contributed by atoms with Gasteiger partial charge in [-0.1, -0.05) is 18.2 Å². The highest BCUT2D eigenvalue weighted by atomic mass is 19.1. The van der Waals surface area contributed by atoms with Crippen LogP contribution in [-0.2, 0) is 6.42 Å². The van der Waals surface area contributed by atoms with E-state index in [4.69, 9.17) is 0 Å². The predicted molar refractivity (Wildman–Crippen MR) is 105 cm³/mol. The average molecular weight is 391 g/mol. The number of carbonyl (C=O) groups excluding carboxylic acids is 2. The van der Waals surface area contributed by atoms with Gasteiger partial charge in [0.2, 0.25) is 0 Å². The van der Waals surface area contributed by atoms with E-state index in [1.54, 1.807) is 30.3 Å². The molecule has 0 unspecified atom stereocenters. The molecule has 1 heterocycles. The van der Waals surface area contributed by atoms with Crippen LogP contribution in [0.25, 0.3) is 10.9 Å². The van der Waals surface area contributed by atoms with Gasteiger partial charge in [0.05, 0.1) is 5.52 Å². The van der Waals surface area contributed by atoms with Crippen molar-refractivity contribution in [3.8, 4) is 0 Å². The summed E-state index contributed by atoms with van der Waals surface area (Å²) < 4.78 is 26.9. The highest BCUT2D eigenvalue weighted by Crippen LogP contribution is 2.24. The van der Waals surface area contributed by atoms with Crippen LogP contribution in [0.4, 0.5) is 14.6 Å². The first kappa shape index (κ1) is 18.5. The number of benzene rings is 3. The summed E-state index contributed by atoms with van der Waals surface area (Å²) in [5.74, 6) is -1.33. The maximum absolute atomic E-state index is 13.4. The zero-order valence-electron chi connectivity index (χ0n) is 15.1.